The van der Waals surface area contributed by atoms with Crippen molar-refractivity contribution in [3.63, 3.8) is 0 Å². The third kappa shape index (κ3) is 5.11. The number of rotatable bonds is 5. The fourth-order valence-corrected chi connectivity index (χ4v) is 3.36. The summed E-state index contributed by atoms with van der Waals surface area (Å²) in [7, 11) is 0. The lowest BCUT2D eigenvalue weighted by Crippen LogP contribution is -2.25. The number of aliphatic hydroxyl groups is 1. The van der Waals surface area contributed by atoms with E-state index in [0.717, 1.165) is 6.07 Å². The quantitative estimate of drug-likeness (QED) is 0.502. The largest absolute Gasteiger partial charge is 0.419 e. The molecule has 0 aliphatic rings. The van der Waals surface area contributed by atoms with Crippen molar-refractivity contribution >= 4 is 34.0 Å². The van der Waals surface area contributed by atoms with Crippen molar-refractivity contribution in [2.75, 3.05) is 11.9 Å². The van der Waals surface area contributed by atoms with Crippen LogP contribution < -0.4 is 10.9 Å². The maximum absolute atomic E-state index is 13.4. The molecule has 1 heterocycles. The number of fused-ring (bicyclic) bond motifs is 1. The Morgan fingerprint density at radius 3 is 2.50 bits per heavy atom. The maximum atomic E-state index is 13.4. The van der Waals surface area contributed by atoms with Crippen LogP contribution >= 0.6 is 11.6 Å². The van der Waals surface area contributed by atoms with Crippen molar-refractivity contribution in [3.8, 4) is 0 Å². The fraction of sp³-hybridized carbons (Fsp3) is 0.273. The predicted octanol–water partition coefficient (Wildman–Crippen LogP) is 5.18. The number of carbonyl (C=O) groups excluding carboxylic acids is 1. The third-order valence-corrected chi connectivity index (χ3v) is 5.08. The Morgan fingerprint density at radius 1 is 1.19 bits per heavy atom. The van der Waals surface area contributed by atoms with E-state index in [9.17, 15) is 32.3 Å². The minimum Gasteiger partial charge on any atom is -0.394 e. The Morgan fingerprint density at radius 2 is 1.88 bits per heavy atom. The number of aromatic nitrogens is 1. The first-order valence-electron chi connectivity index (χ1n) is 9.12. The van der Waals surface area contributed by atoms with Gasteiger partial charge in [0.05, 0.1) is 35.3 Å². The lowest BCUT2D eigenvalue weighted by atomic mass is 10.1. The van der Waals surface area contributed by atoms with Crippen LogP contribution in [0.15, 0.2) is 47.4 Å². The lowest BCUT2D eigenvalue weighted by Gasteiger charge is -2.16. The Bertz CT molecular complexity index is 1210. The molecular formula is C22H21ClF4N2O3. The molecule has 32 heavy (non-hydrogen) atoms. The van der Waals surface area contributed by atoms with Gasteiger partial charge < -0.3 is 15.0 Å². The van der Waals surface area contributed by atoms with Crippen molar-refractivity contribution in [1.82, 2.24) is 4.57 Å². The van der Waals surface area contributed by atoms with Crippen LogP contribution in [0.2, 0.25) is 5.02 Å². The van der Waals surface area contributed by atoms with Crippen LogP contribution in [0.3, 0.4) is 0 Å². The number of carbonyl (C=O) groups is 1. The number of nitrogens with one attached hydrogen (secondary N) is 1. The van der Waals surface area contributed by atoms with Crippen molar-refractivity contribution in [1.29, 1.82) is 0 Å². The molecule has 1 atom stereocenters. The summed E-state index contributed by atoms with van der Waals surface area (Å²) in [6, 6.07) is 6.29. The van der Waals surface area contributed by atoms with E-state index in [1.165, 1.54) is 22.9 Å². The second kappa shape index (κ2) is 9.70. The molecule has 0 saturated carbocycles. The van der Waals surface area contributed by atoms with E-state index < -0.39 is 41.5 Å². The molecule has 5 nitrogen and oxygen atoms in total. The van der Waals surface area contributed by atoms with Gasteiger partial charge in [-0.15, -0.1) is 0 Å². The van der Waals surface area contributed by atoms with Gasteiger partial charge in [0.15, 0.2) is 0 Å². The molecular weight excluding hydrogens is 452 g/mol. The number of halogens is 5. The average Bonchev–Trinajstić information content (AvgIpc) is 2.70. The molecule has 0 bridgehead atoms. The molecule has 0 aliphatic heterocycles. The topological polar surface area (TPSA) is 71.3 Å². The smallest absolute Gasteiger partial charge is 0.394 e. The van der Waals surface area contributed by atoms with Gasteiger partial charge in [0.2, 0.25) is 5.91 Å². The van der Waals surface area contributed by atoms with Crippen LogP contribution in [-0.2, 0) is 17.4 Å². The molecule has 0 saturated heterocycles. The van der Waals surface area contributed by atoms with E-state index in [-0.39, 0.29) is 35.7 Å². The standard InChI is InChI=1S/C21H17ClF4N2O3.CH4/c1-11(10-29)28-7-6-13-14(20(28)31)3-4-16(22)19(13)27-18(30)9-12-2-5-17(23)15(8-12)21(24,25)26;/h2-8,11,29H,9-10H2,1H3,(H,27,30);1H4/t11-;/m1./s1. The van der Waals surface area contributed by atoms with Crippen LogP contribution in [0.5, 0.6) is 0 Å². The monoisotopic (exact) mass is 472 g/mol. The molecule has 0 fully saturated rings. The molecule has 3 aromatic rings. The first-order valence-corrected chi connectivity index (χ1v) is 9.50. The minimum absolute atomic E-state index is 0. The third-order valence-electron chi connectivity index (χ3n) is 4.77. The molecule has 0 unspecified atom stereocenters. The molecule has 10 heteroatoms. The van der Waals surface area contributed by atoms with Crippen molar-refractivity contribution in [3.05, 3.63) is 74.9 Å². The van der Waals surface area contributed by atoms with Crippen LogP contribution in [0.1, 0.15) is 31.5 Å². The van der Waals surface area contributed by atoms with E-state index >= 15 is 0 Å². The second-order valence-corrected chi connectivity index (χ2v) is 7.39. The van der Waals surface area contributed by atoms with Gasteiger partial charge in [-0.25, -0.2) is 4.39 Å². The van der Waals surface area contributed by atoms with Gasteiger partial charge in [-0.1, -0.05) is 25.1 Å². The lowest BCUT2D eigenvalue weighted by molar-refractivity contribution is -0.140. The number of anilines is 1. The number of hydrogen-bond acceptors (Lipinski definition) is 3. The summed E-state index contributed by atoms with van der Waals surface area (Å²) in [5.74, 6) is -2.12. The zero-order valence-electron chi connectivity index (χ0n) is 16.1. The highest BCUT2D eigenvalue weighted by molar-refractivity contribution is 6.35. The molecule has 172 valence electrons. The molecule has 0 aliphatic carbocycles. The van der Waals surface area contributed by atoms with Crippen molar-refractivity contribution < 1.29 is 27.5 Å². The summed E-state index contributed by atoms with van der Waals surface area (Å²) in [6.45, 7) is 1.41. The van der Waals surface area contributed by atoms with E-state index in [0.29, 0.717) is 17.5 Å². The summed E-state index contributed by atoms with van der Waals surface area (Å²) in [6.07, 6.45) is -3.90. The normalized spacial score (nSPS) is 12.3. The van der Waals surface area contributed by atoms with Crippen molar-refractivity contribution in [2.24, 2.45) is 0 Å². The number of nitrogens with zero attached hydrogens (tertiary/aromatic N) is 1. The van der Waals surface area contributed by atoms with Gasteiger partial charge in [-0.2, -0.15) is 13.2 Å². The van der Waals surface area contributed by atoms with E-state index in [1.54, 1.807) is 13.0 Å². The van der Waals surface area contributed by atoms with Gasteiger partial charge in [-0.3, -0.25) is 9.59 Å². The first-order chi connectivity index (χ1) is 14.5. The van der Waals surface area contributed by atoms with Crippen LogP contribution in [-0.4, -0.2) is 22.2 Å². The number of pyridine rings is 1. The molecule has 1 aromatic heterocycles. The Kier molecular flexibility index (Phi) is 7.69. The average molecular weight is 473 g/mol. The SMILES string of the molecule is C.C[C@H](CO)n1ccc2c(NC(=O)Cc3ccc(F)c(C(F)(F)F)c3)c(Cl)ccc2c1=O. The van der Waals surface area contributed by atoms with Crippen LogP contribution in [0.4, 0.5) is 23.2 Å². The highest BCUT2D eigenvalue weighted by atomic mass is 35.5. The fourth-order valence-electron chi connectivity index (χ4n) is 3.14. The van der Waals surface area contributed by atoms with Crippen molar-refractivity contribution in [2.45, 2.75) is 33.0 Å². The number of aliphatic hydroxyl groups excluding tert-OH is 1. The summed E-state index contributed by atoms with van der Waals surface area (Å²) in [5, 5.41) is 12.5. The highest BCUT2D eigenvalue weighted by Gasteiger charge is 2.34. The molecule has 2 N–H and O–H groups in total. The molecule has 1 amide bonds. The van der Waals surface area contributed by atoms with Crippen LogP contribution in [0, 0.1) is 5.82 Å². The summed E-state index contributed by atoms with van der Waals surface area (Å²) in [5.41, 5.74) is -1.77. The maximum Gasteiger partial charge on any atom is 0.419 e. The van der Waals surface area contributed by atoms with Gasteiger partial charge >= 0.3 is 6.18 Å². The van der Waals surface area contributed by atoms with E-state index in [1.807, 2.05) is 0 Å². The van der Waals surface area contributed by atoms with Gasteiger partial charge in [0, 0.05) is 17.0 Å². The zero-order chi connectivity index (χ0) is 22.9. The van der Waals surface area contributed by atoms with E-state index in [2.05, 4.69) is 5.32 Å². The number of amides is 1. The summed E-state index contributed by atoms with van der Waals surface area (Å²) < 4.78 is 53.4. The van der Waals surface area contributed by atoms with Gasteiger partial charge in [0.25, 0.3) is 5.56 Å². The first kappa shape index (κ1) is 25.4. The molecule has 0 radical (unpaired) electrons. The highest BCUT2D eigenvalue weighted by Crippen LogP contribution is 2.33. The summed E-state index contributed by atoms with van der Waals surface area (Å²) >= 11 is 6.18. The van der Waals surface area contributed by atoms with Gasteiger partial charge in [-0.05, 0) is 42.8 Å². The number of benzene rings is 2. The Labute approximate surface area is 186 Å². The molecule has 2 aromatic carbocycles. The molecule has 3 rings (SSSR count). The number of hydrogen-bond donors (Lipinski definition) is 2. The Balaban J connectivity index is 0.00000363. The number of alkyl halides is 3. The Hall–Kier alpha value is -2.91. The minimum atomic E-state index is -4.89. The zero-order valence-corrected chi connectivity index (χ0v) is 16.9. The predicted molar refractivity (Wildman–Crippen MR) is 115 cm³/mol. The van der Waals surface area contributed by atoms with E-state index in [4.69, 9.17) is 11.6 Å². The second-order valence-electron chi connectivity index (χ2n) is 6.98. The summed E-state index contributed by atoms with van der Waals surface area (Å²) in [4.78, 5) is 25.2. The van der Waals surface area contributed by atoms with Gasteiger partial charge in [0.1, 0.15) is 5.82 Å². The molecule has 0 spiro atoms. The van der Waals surface area contributed by atoms with Crippen LogP contribution in [0.25, 0.3) is 10.8 Å².